The summed E-state index contributed by atoms with van der Waals surface area (Å²) in [6.45, 7) is 0.292. The summed E-state index contributed by atoms with van der Waals surface area (Å²) in [4.78, 5) is 0. The Morgan fingerprint density at radius 2 is 2.09 bits per heavy atom. The summed E-state index contributed by atoms with van der Waals surface area (Å²) in [6, 6.07) is -0.710. The largest absolute Gasteiger partial charge is 0.391 e. The van der Waals surface area contributed by atoms with Gasteiger partial charge in [-0.1, -0.05) is 0 Å². The van der Waals surface area contributed by atoms with E-state index in [1.807, 2.05) is 0 Å². The SMILES string of the molecule is NC[C@@H]1C[C@H](O)[C@@H](N)C(O)O1. The predicted octanol–water partition coefficient (Wildman–Crippen LogP) is -2.26. The van der Waals surface area contributed by atoms with Gasteiger partial charge in [0.1, 0.15) is 0 Å². The monoisotopic (exact) mass is 162 g/mol. The number of aliphatic hydroxyl groups excluding tert-OH is 2. The van der Waals surface area contributed by atoms with Crippen LogP contribution in [0.4, 0.5) is 0 Å². The van der Waals surface area contributed by atoms with Crippen molar-refractivity contribution in [3.05, 3.63) is 0 Å². The highest BCUT2D eigenvalue weighted by molar-refractivity contribution is 4.83. The Bertz CT molecular complexity index is 121. The van der Waals surface area contributed by atoms with Gasteiger partial charge in [-0.3, -0.25) is 0 Å². The van der Waals surface area contributed by atoms with E-state index in [9.17, 15) is 5.11 Å². The van der Waals surface area contributed by atoms with Crippen LogP contribution in [0.3, 0.4) is 0 Å². The van der Waals surface area contributed by atoms with Crippen LogP contribution < -0.4 is 11.5 Å². The molecule has 1 heterocycles. The lowest BCUT2D eigenvalue weighted by atomic mass is 10.0. The van der Waals surface area contributed by atoms with Gasteiger partial charge in [0, 0.05) is 13.0 Å². The molecule has 0 radical (unpaired) electrons. The van der Waals surface area contributed by atoms with Crippen LogP contribution in [0.15, 0.2) is 0 Å². The molecule has 0 saturated carbocycles. The number of nitrogens with two attached hydrogens (primary N) is 2. The highest BCUT2D eigenvalue weighted by Crippen LogP contribution is 2.16. The number of hydrogen-bond donors (Lipinski definition) is 4. The average Bonchev–Trinajstić information content (AvgIpc) is 1.99. The third-order valence-electron chi connectivity index (χ3n) is 1.87. The number of aliphatic hydroxyl groups is 2. The van der Waals surface area contributed by atoms with Crippen molar-refractivity contribution in [1.82, 2.24) is 0 Å². The van der Waals surface area contributed by atoms with Crippen LogP contribution in [0, 0.1) is 0 Å². The first-order valence-electron chi connectivity index (χ1n) is 3.62. The van der Waals surface area contributed by atoms with E-state index < -0.39 is 18.4 Å². The molecule has 66 valence electrons. The molecular formula is C6H14N2O3. The second-order valence-corrected chi connectivity index (χ2v) is 2.76. The molecule has 1 unspecified atom stereocenters. The van der Waals surface area contributed by atoms with E-state index in [1.165, 1.54) is 0 Å². The van der Waals surface area contributed by atoms with Crippen molar-refractivity contribution in [2.24, 2.45) is 11.5 Å². The number of hydrogen-bond acceptors (Lipinski definition) is 5. The molecular weight excluding hydrogens is 148 g/mol. The maximum Gasteiger partial charge on any atom is 0.172 e. The van der Waals surface area contributed by atoms with E-state index in [-0.39, 0.29) is 6.10 Å². The van der Waals surface area contributed by atoms with E-state index in [0.717, 1.165) is 0 Å². The Balaban J connectivity index is 2.47. The smallest absolute Gasteiger partial charge is 0.172 e. The van der Waals surface area contributed by atoms with Gasteiger partial charge in [0.25, 0.3) is 0 Å². The Morgan fingerprint density at radius 1 is 1.45 bits per heavy atom. The fourth-order valence-corrected chi connectivity index (χ4v) is 1.11. The molecule has 0 amide bonds. The number of rotatable bonds is 1. The lowest BCUT2D eigenvalue weighted by Gasteiger charge is -2.34. The Labute approximate surface area is 64.9 Å². The van der Waals surface area contributed by atoms with Crippen molar-refractivity contribution in [2.45, 2.75) is 31.0 Å². The topological polar surface area (TPSA) is 102 Å². The van der Waals surface area contributed by atoms with Crippen molar-refractivity contribution in [2.75, 3.05) is 6.54 Å². The lowest BCUT2D eigenvalue weighted by molar-refractivity contribution is -0.197. The van der Waals surface area contributed by atoms with Gasteiger partial charge >= 0.3 is 0 Å². The molecule has 0 bridgehead atoms. The van der Waals surface area contributed by atoms with Gasteiger partial charge in [-0.25, -0.2) is 0 Å². The first-order valence-corrected chi connectivity index (χ1v) is 3.62. The molecule has 11 heavy (non-hydrogen) atoms. The van der Waals surface area contributed by atoms with Crippen LogP contribution in [0.5, 0.6) is 0 Å². The minimum absolute atomic E-state index is 0.278. The van der Waals surface area contributed by atoms with Gasteiger partial charge in [-0.15, -0.1) is 0 Å². The fraction of sp³-hybridized carbons (Fsp3) is 1.00. The molecule has 0 spiro atoms. The molecule has 0 aromatic rings. The highest BCUT2D eigenvalue weighted by atomic mass is 16.6. The van der Waals surface area contributed by atoms with E-state index in [4.69, 9.17) is 21.3 Å². The fourth-order valence-electron chi connectivity index (χ4n) is 1.11. The Morgan fingerprint density at radius 3 is 2.55 bits per heavy atom. The minimum Gasteiger partial charge on any atom is -0.391 e. The summed E-state index contributed by atoms with van der Waals surface area (Å²) in [6.07, 6.45) is -1.69. The molecule has 1 fully saturated rings. The second-order valence-electron chi connectivity index (χ2n) is 2.76. The minimum atomic E-state index is -1.09. The van der Waals surface area contributed by atoms with Crippen LogP contribution in [0.1, 0.15) is 6.42 Å². The van der Waals surface area contributed by atoms with Gasteiger partial charge in [-0.05, 0) is 0 Å². The highest BCUT2D eigenvalue weighted by Gasteiger charge is 2.33. The van der Waals surface area contributed by atoms with Crippen molar-refractivity contribution < 1.29 is 14.9 Å². The third-order valence-corrected chi connectivity index (χ3v) is 1.87. The van der Waals surface area contributed by atoms with Gasteiger partial charge in [-0.2, -0.15) is 0 Å². The predicted molar refractivity (Wildman–Crippen MR) is 38.5 cm³/mol. The van der Waals surface area contributed by atoms with Crippen molar-refractivity contribution in [1.29, 1.82) is 0 Å². The van der Waals surface area contributed by atoms with E-state index in [2.05, 4.69) is 0 Å². The standard InChI is InChI=1S/C6H14N2O3/c7-2-3-1-4(9)5(8)6(10)11-3/h3-6,9-10H,1-2,7-8H2/t3-,4-,5+,6?/m0/s1. The maximum absolute atomic E-state index is 9.23. The molecule has 1 aliphatic rings. The maximum atomic E-state index is 9.23. The van der Waals surface area contributed by atoms with Crippen molar-refractivity contribution in [3.8, 4) is 0 Å². The van der Waals surface area contributed by atoms with Gasteiger partial charge in [0.15, 0.2) is 6.29 Å². The zero-order valence-corrected chi connectivity index (χ0v) is 6.18. The van der Waals surface area contributed by atoms with Crippen LogP contribution in [0.25, 0.3) is 0 Å². The van der Waals surface area contributed by atoms with Crippen LogP contribution in [-0.4, -0.2) is 41.3 Å². The summed E-state index contributed by atoms with van der Waals surface area (Å²) in [5, 5.41) is 18.3. The lowest BCUT2D eigenvalue weighted by Crippen LogP contribution is -2.54. The van der Waals surface area contributed by atoms with Gasteiger partial charge in [0.2, 0.25) is 0 Å². The first kappa shape index (κ1) is 8.89. The van der Waals surface area contributed by atoms with Crippen molar-refractivity contribution >= 4 is 0 Å². The molecule has 0 aromatic heterocycles. The summed E-state index contributed by atoms with van der Waals surface area (Å²) in [5.74, 6) is 0. The van der Waals surface area contributed by atoms with Crippen molar-refractivity contribution in [3.63, 3.8) is 0 Å². The normalized spacial score (nSPS) is 45.8. The quantitative estimate of drug-likeness (QED) is 0.348. The zero-order valence-electron chi connectivity index (χ0n) is 6.18. The first-order chi connectivity index (χ1) is 5.15. The molecule has 0 aromatic carbocycles. The molecule has 4 atom stereocenters. The molecule has 1 rings (SSSR count). The van der Waals surface area contributed by atoms with E-state index >= 15 is 0 Å². The molecule has 0 aliphatic carbocycles. The van der Waals surface area contributed by atoms with E-state index in [1.54, 1.807) is 0 Å². The molecule has 6 N–H and O–H groups in total. The molecule has 1 aliphatic heterocycles. The average molecular weight is 162 g/mol. The summed E-state index contributed by atoms with van der Waals surface area (Å²) < 4.78 is 4.96. The van der Waals surface area contributed by atoms with E-state index in [0.29, 0.717) is 13.0 Å². The Kier molecular flexibility index (Phi) is 2.80. The Hall–Kier alpha value is -0.200. The van der Waals surface area contributed by atoms with Gasteiger partial charge < -0.3 is 26.4 Å². The molecule has 5 nitrogen and oxygen atoms in total. The summed E-state index contributed by atoms with van der Waals surface area (Å²) in [5.41, 5.74) is 10.7. The van der Waals surface area contributed by atoms with Crippen LogP contribution in [-0.2, 0) is 4.74 Å². The van der Waals surface area contributed by atoms with Crippen LogP contribution in [0.2, 0.25) is 0 Å². The van der Waals surface area contributed by atoms with Gasteiger partial charge in [0.05, 0.1) is 18.2 Å². The molecule has 5 heteroatoms. The summed E-state index contributed by atoms with van der Waals surface area (Å²) >= 11 is 0. The molecule has 1 saturated heterocycles. The third kappa shape index (κ3) is 1.88. The van der Waals surface area contributed by atoms with Crippen LogP contribution >= 0.6 is 0 Å². The zero-order chi connectivity index (χ0) is 8.43. The number of ether oxygens (including phenoxy) is 1. The second kappa shape index (κ2) is 3.46. The summed E-state index contributed by atoms with van der Waals surface area (Å²) in [7, 11) is 0.